The summed E-state index contributed by atoms with van der Waals surface area (Å²) in [6, 6.07) is -1.35. The van der Waals surface area contributed by atoms with Crippen LogP contribution in [0.15, 0.2) is 0 Å². The number of hydrogen-bond acceptors (Lipinski definition) is 4. The molecule has 0 aromatic heterocycles. The van der Waals surface area contributed by atoms with Crippen LogP contribution in [0, 0.1) is 5.92 Å². The Bertz CT molecular complexity index is 395. The molecule has 8 nitrogen and oxygen atoms in total. The van der Waals surface area contributed by atoms with Crippen molar-refractivity contribution in [3.63, 3.8) is 0 Å². The van der Waals surface area contributed by atoms with Crippen molar-refractivity contribution < 1.29 is 24.3 Å². The molecule has 8 heteroatoms. The molecule has 100 valence electrons. The molecule has 1 unspecified atom stereocenters. The largest absolute Gasteiger partial charge is 0.480 e. The lowest BCUT2D eigenvalue weighted by Crippen LogP contribution is -2.46. The number of amides is 3. The molecular weight excluding hydrogens is 242 g/mol. The molecule has 0 radical (unpaired) electrons. The molecule has 1 fully saturated rings. The minimum atomic E-state index is -1.35. The van der Waals surface area contributed by atoms with Gasteiger partial charge in [-0.1, -0.05) is 0 Å². The number of carbonyl (C=O) groups excluding carboxylic acids is 3. The summed E-state index contributed by atoms with van der Waals surface area (Å²) < 4.78 is 0. The Morgan fingerprint density at radius 2 is 2.17 bits per heavy atom. The Balaban J connectivity index is 2.59. The van der Waals surface area contributed by atoms with Gasteiger partial charge in [0.15, 0.2) is 0 Å². The first-order chi connectivity index (χ1) is 8.31. The van der Waals surface area contributed by atoms with E-state index in [1.54, 1.807) is 7.05 Å². The molecule has 0 bridgehead atoms. The highest BCUT2D eigenvalue weighted by Gasteiger charge is 2.34. The van der Waals surface area contributed by atoms with Crippen molar-refractivity contribution in [1.82, 2.24) is 10.2 Å². The van der Waals surface area contributed by atoms with Crippen molar-refractivity contribution >= 4 is 23.7 Å². The van der Waals surface area contributed by atoms with Crippen LogP contribution in [0.1, 0.15) is 12.8 Å². The third-order valence-corrected chi connectivity index (χ3v) is 2.73. The average molecular weight is 257 g/mol. The predicted molar refractivity (Wildman–Crippen MR) is 59.1 cm³/mol. The molecule has 1 aliphatic heterocycles. The first-order valence-corrected chi connectivity index (χ1v) is 5.36. The minimum absolute atomic E-state index is 0.0469. The standard InChI is InChI=1S/C10H15N3O5/c1-13-4-5(2-8(13)15)9(16)12-6(10(17)18)3-7(11)14/h5-6H,2-4H2,1H3,(H2,11,14)(H,12,16)(H,17,18)/t5?,6-/m0/s1. The van der Waals surface area contributed by atoms with Crippen LogP contribution < -0.4 is 11.1 Å². The van der Waals surface area contributed by atoms with E-state index >= 15 is 0 Å². The van der Waals surface area contributed by atoms with Gasteiger partial charge in [-0.3, -0.25) is 14.4 Å². The van der Waals surface area contributed by atoms with Gasteiger partial charge in [0, 0.05) is 20.0 Å². The van der Waals surface area contributed by atoms with E-state index in [4.69, 9.17) is 10.8 Å². The van der Waals surface area contributed by atoms with E-state index in [1.807, 2.05) is 0 Å². The van der Waals surface area contributed by atoms with Crippen LogP contribution in [0.3, 0.4) is 0 Å². The van der Waals surface area contributed by atoms with E-state index in [1.165, 1.54) is 4.90 Å². The van der Waals surface area contributed by atoms with Crippen LogP contribution >= 0.6 is 0 Å². The molecule has 18 heavy (non-hydrogen) atoms. The maximum atomic E-state index is 11.7. The molecule has 1 aliphatic rings. The van der Waals surface area contributed by atoms with Crippen molar-refractivity contribution in [2.24, 2.45) is 11.7 Å². The maximum absolute atomic E-state index is 11.7. The second-order valence-electron chi connectivity index (χ2n) is 4.25. The lowest BCUT2D eigenvalue weighted by molar-refractivity contribution is -0.143. The van der Waals surface area contributed by atoms with Crippen LogP contribution in [0.25, 0.3) is 0 Å². The third-order valence-electron chi connectivity index (χ3n) is 2.73. The summed E-state index contributed by atoms with van der Waals surface area (Å²) in [6.45, 7) is 0.244. The normalized spacial score (nSPS) is 20.6. The molecule has 3 amide bonds. The fraction of sp³-hybridized carbons (Fsp3) is 0.600. The number of nitrogens with zero attached hydrogens (tertiary/aromatic N) is 1. The summed E-state index contributed by atoms with van der Waals surface area (Å²) in [6.07, 6.45) is -0.428. The molecule has 4 N–H and O–H groups in total. The number of carbonyl (C=O) groups is 4. The average Bonchev–Trinajstić information content (AvgIpc) is 2.57. The van der Waals surface area contributed by atoms with Gasteiger partial charge in [0.1, 0.15) is 6.04 Å². The Kier molecular flexibility index (Phi) is 4.24. The molecule has 0 saturated carbocycles. The molecule has 1 rings (SSSR count). The molecule has 1 heterocycles. The Morgan fingerprint density at radius 1 is 1.56 bits per heavy atom. The number of carboxylic acids is 1. The third kappa shape index (κ3) is 3.44. The first-order valence-electron chi connectivity index (χ1n) is 5.36. The van der Waals surface area contributed by atoms with E-state index in [-0.39, 0.29) is 18.9 Å². The fourth-order valence-corrected chi connectivity index (χ4v) is 1.73. The number of likely N-dealkylation sites (tertiary alicyclic amines) is 1. The summed E-state index contributed by atoms with van der Waals surface area (Å²) in [5.41, 5.74) is 4.89. The maximum Gasteiger partial charge on any atom is 0.326 e. The van der Waals surface area contributed by atoms with Crippen LogP contribution in [0.4, 0.5) is 0 Å². The summed E-state index contributed by atoms with van der Waals surface area (Å²) in [5, 5.41) is 11.0. The van der Waals surface area contributed by atoms with Crippen LogP contribution in [0.2, 0.25) is 0 Å². The lowest BCUT2D eigenvalue weighted by atomic mass is 10.1. The Hall–Kier alpha value is -2.12. The van der Waals surface area contributed by atoms with Gasteiger partial charge in [0.2, 0.25) is 17.7 Å². The molecule has 0 aromatic carbocycles. The Labute approximate surface area is 103 Å². The van der Waals surface area contributed by atoms with Crippen molar-refractivity contribution in [3.05, 3.63) is 0 Å². The zero-order valence-electron chi connectivity index (χ0n) is 9.88. The fourth-order valence-electron chi connectivity index (χ4n) is 1.73. The zero-order chi connectivity index (χ0) is 13.9. The van der Waals surface area contributed by atoms with E-state index in [0.29, 0.717) is 0 Å². The van der Waals surface area contributed by atoms with Gasteiger partial charge in [0.05, 0.1) is 12.3 Å². The summed E-state index contributed by atoms with van der Waals surface area (Å²) in [4.78, 5) is 45.8. The summed E-state index contributed by atoms with van der Waals surface area (Å²) in [7, 11) is 1.56. The highest BCUT2D eigenvalue weighted by atomic mass is 16.4. The van der Waals surface area contributed by atoms with Gasteiger partial charge >= 0.3 is 5.97 Å². The molecule has 0 aromatic rings. The first kappa shape index (κ1) is 13.9. The number of carboxylic acid groups (broad SMARTS) is 1. The minimum Gasteiger partial charge on any atom is -0.480 e. The monoisotopic (exact) mass is 257 g/mol. The highest BCUT2D eigenvalue weighted by Crippen LogP contribution is 2.16. The van der Waals surface area contributed by atoms with Gasteiger partial charge in [-0.2, -0.15) is 0 Å². The Morgan fingerprint density at radius 3 is 2.56 bits per heavy atom. The number of aliphatic carboxylic acids is 1. The van der Waals surface area contributed by atoms with Crippen molar-refractivity contribution in [1.29, 1.82) is 0 Å². The second kappa shape index (κ2) is 5.48. The molecule has 0 aliphatic carbocycles. The van der Waals surface area contributed by atoms with Gasteiger partial charge in [-0.15, -0.1) is 0 Å². The molecule has 0 spiro atoms. The zero-order valence-corrected chi connectivity index (χ0v) is 9.88. The van der Waals surface area contributed by atoms with E-state index < -0.39 is 36.2 Å². The van der Waals surface area contributed by atoms with Crippen LogP contribution in [-0.2, 0) is 19.2 Å². The van der Waals surface area contributed by atoms with Crippen molar-refractivity contribution in [2.75, 3.05) is 13.6 Å². The molecular formula is C10H15N3O5. The van der Waals surface area contributed by atoms with E-state index in [0.717, 1.165) is 0 Å². The number of nitrogens with one attached hydrogen (secondary N) is 1. The van der Waals surface area contributed by atoms with Gasteiger partial charge in [0.25, 0.3) is 0 Å². The molecule has 1 saturated heterocycles. The van der Waals surface area contributed by atoms with Gasteiger partial charge < -0.3 is 21.1 Å². The van der Waals surface area contributed by atoms with Gasteiger partial charge in [-0.05, 0) is 0 Å². The van der Waals surface area contributed by atoms with Crippen molar-refractivity contribution in [2.45, 2.75) is 18.9 Å². The lowest BCUT2D eigenvalue weighted by Gasteiger charge is -2.15. The summed E-state index contributed by atoms with van der Waals surface area (Å²) >= 11 is 0. The summed E-state index contributed by atoms with van der Waals surface area (Å²) in [5.74, 6) is -3.46. The van der Waals surface area contributed by atoms with Crippen LogP contribution in [-0.4, -0.2) is 53.3 Å². The molecule has 2 atom stereocenters. The number of nitrogens with two attached hydrogens (primary N) is 1. The number of primary amides is 1. The number of rotatable bonds is 5. The van der Waals surface area contributed by atoms with Crippen molar-refractivity contribution in [3.8, 4) is 0 Å². The second-order valence-corrected chi connectivity index (χ2v) is 4.25. The quantitative estimate of drug-likeness (QED) is 0.520. The number of hydrogen-bond donors (Lipinski definition) is 3. The smallest absolute Gasteiger partial charge is 0.326 e. The SMILES string of the molecule is CN1CC(C(=O)N[C@@H](CC(N)=O)C(=O)O)CC1=O. The van der Waals surface area contributed by atoms with Gasteiger partial charge in [-0.25, -0.2) is 4.79 Å². The topological polar surface area (TPSA) is 130 Å². The van der Waals surface area contributed by atoms with E-state index in [9.17, 15) is 19.2 Å². The predicted octanol–water partition coefficient (Wildman–Crippen LogP) is -2.09. The highest BCUT2D eigenvalue weighted by molar-refractivity contribution is 5.92. The van der Waals surface area contributed by atoms with Crippen LogP contribution in [0.5, 0.6) is 0 Å². The van der Waals surface area contributed by atoms with E-state index in [2.05, 4.69) is 5.32 Å².